The number of hydrogen-bond donors (Lipinski definition) is 0. The number of benzene rings is 1. The zero-order chi connectivity index (χ0) is 15.2. The third-order valence-electron chi connectivity index (χ3n) is 6.73. The molecule has 0 heterocycles. The molecule has 0 nitrogen and oxygen atoms in total. The zero-order valence-corrected chi connectivity index (χ0v) is 15.0. The minimum Gasteiger partial charge on any atom is -0.0888 e. The van der Waals surface area contributed by atoms with Crippen LogP contribution in [0, 0.1) is 11.8 Å². The Morgan fingerprint density at radius 2 is 1.86 bits per heavy atom. The molecule has 3 aliphatic rings. The summed E-state index contributed by atoms with van der Waals surface area (Å²) in [5, 5.41) is 1.29. The molecular formula is C21H29P. The van der Waals surface area contributed by atoms with Crippen LogP contribution in [0.2, 0.25) is 0 Å². The second kappa shape index (κ2) is 5.48. The van der Waals surface area contributed by atoms with Gasteiger partial charge in [0.1, 0.15) is 0 Å². The molecule has 3 aliphatic carbocycles. The summed E-state index contributed by atoms with van der Waals surface area (Å²) in [6.45, 7) is 5.11. The lowest BCUT2D eigenvalue weighted by Crippen LogP contribution is -2.46. The third kappa shape index (κ3) is 2.30. The summed E-state index contributed by atoms with van der Waals surface area (Å²) in [6.07, 6.45) is 15.0. The van der Waals surface area contributed by atoms with Gasteiger partial charge in [-0.1, -0.05) is 64.3 Å². The van der Waals surface area contributed by atoms with Crippen LogP contribution < -0.4 is 0 Å². The normalized spacial score (nSPS) is 36.8. The summed E-state index contributed by atoms with van der Waals surface area (Å²) in [6, 6.07) is 11.3. The zero-order valence-electron chi connectivity index (χ0n) is 14.1. The molecule has 4 rings (SSSR count). The van der Waals surface area contributed by atoms with E-state index < -0.39 is 0 Å². The van der Waals surface area contributed by atoms with Crippen LogP contribution in [0.3, 0.4) is 0 Å². The maximum Gasteiger partial charge on any atom is -0.00458 e. The van der Waals surface area contributed by atoms with Crippen molar-refractivity contribution in [1.29, 1.82) is 0 Å². The molecule has 2 fully saturated rings. The molecule has 2 saturated carbocycles. The van der Waals surface area contributed by atoms with Crippen LogP contribution in [0.1, 0.15) is 57.9 Å². The van der Waals surface area contributed by atoms with E-state index in [1.807, 2.05) is 0 Å². The molecule has 0 bridgehead atoms. The van der Waals surface area contributed by atoms with Crippen molar-refractivity contribution in [2.24, 2.45) is 11.8 Å². The lowest BCUT2D eigenvalue weighted by Gasteiger charge is -2.56. The summed E-state index contributed by atoms with van der Waals surface area (Å²) >= 11 is 0. The fraction of sp³-hybridized carbons (Fsp3) is 0.619. The minimum absolute atomic E-state index is 0.0550. The van der Waals surface area contributed by atoms with E-state index in [0.717, 1.165) is 17.0 Å². The van der Waals surface area contributed by atoms with Gasteiger partial charge in [0.25, 0.3) is 0 Å². The van der Waals surface area contributed by atoms with E-state index in [-0.39, 0.29) is 7.92 Å². The van der Waals surface area contributed by atoms with E-state index in [2.05, 4.69) is 56.3 Å². The summed E-state index contributed by atoms with van der Waals surface area (Å²) < 4.78 is 0. The van der Waals surface area contributed by atoms with E-state index in [1.54, 1.807) is 5.56 Å². The third-order valence-corrected chi connectivity index (χ3v) is 10.9. The van der Waals surface area contributed by atoms with E-state index in [9.17, 15) is 0 Å². The van der Waals surface area contributed by atoms with Crippen LogP contribution in [0.25, 0.3) is 0 Å². The van der Waals surface area contributed by atoms with Gasteiger partial charge in [-0.25, -0.2) is 0 Å². The van der Waals surface area contributed by atoms with Gasteiger partial charge in [0.15, 0.2) is 0 Å². The Labute approximate surface area is 137 Å². The van der Waals surface area contributed by atoms with Gasteiger partial charge in [-0.05, 0) is 72.4 Å². The molecule has 0 N–H and O–H groups in total. The molecule has 1 aromatic carbocycles. The van der Waals surface area contributed by atoms with Crippen molar-refractivity contribution in [1.82, 2.24) is 0 Å². The van der Waals surface area contributed by atoms with Crippen molar-refractivity contribution in [2.45, 2.75) is 68.8 Å². The summed E-state index contributed by atoms with van der Waals surface area (Å²) in [5.41, 5.74) is 1.58. The lowest BCUT2D eigenvalue weighted by atomic mass is 9.75. The molecule has 118 valence electrons. The van der Waals surface area contributed by atoms with Crippen LogP contribution in [0.4, 0.5) is 0 Å². The Balaban J connectivity index is 1.67. The SMILES string of the molecule is CC1CC2CCC2(P(Cc2ccccc2)C2(C)CC=CC2)C1. The van der Waals surface area contributed by atoms with Crippen LogP contribution >= 0.6 is 7.92 Å². The summed E-state index contributed by atoms with van der Waals surface area (Å²) in [7, 11) is 0.0550. The van der Waals surface area contributed by atoms with Gasteiger partial charge in [0.05, 0.1) is 0 Å². The van der Waals surface area contributed by atoms with Gasteiger partial charge >= 0.3 is 0 Å². The monoisotopic (exact) mass is 312 g/mol. The second-order valence-electron chi connectivity index (χ2n) is 8.33. The molecule has 4 atom stereocenters. The topological polar surface area (TPSA) is 0 Å². The molecule has 1 aromatic rings. The fourth-order valence-electron chi connectivity index (χ4n) is 5.56. The molecule has 0 spiro atoms. The van der Waals surface area contributed by atoms with Crippen molar-refractivity contribution in [3.05, 3.63) is 48.0 Å². The highest BCUT2D eigenvalue weighted by Crippen LogP contribution is 2.77. The van der Waals surface area contributed by atoms with Crippen LogP contribution in [-0.2, 0) is 6.16 Å². The highest BCUT2D eigenvalue weighted by molar-refractivity contribution is 7.60. The number of allylic oxidation sites excluding steroid dienone is 2. The van der Waals surface area contributed by atoms with Crippen molar-refractivity contribution >= 4 is 7.92 Å². The van der Waals surface area contributed by atoms with Gasteiger partial charge in [-0.3, -0.25) is 0 Å². The molecule has 0 aromatic heterocycles. The first-order valence-corrected chi connectivity index (χ1v) is 10.6. The lowest BCUT2D eigenvalue weighted by molar-refractivity contribution is 0.247. The van der Waals surface area contributed by atoms with Crippen LogP contribution in [-0.4, -0.2) is 10.3 Å². The van der Waals surface area contributed by atoms with E-state index in [1.165, 1.54) is 44.7 Å². The van der Waals surface area contributed by atoms with Crippen molar-refractivity contribution in [2.75, 3.05) is 0 Å². The molecular weight excluding hydrogens is 283 g/mol. The Hall–Kier alpha value is -0.610. The summed E-state index contributed by atoms with van der Waals surface area (Å²) in [5.74, 6) is 2.01. The van der Waals surface area contributed by atoms with E-state index in [4.69, 9.17) is 0 Å². The first-order valence-electron chi connectivity index (χ1n) is 9.09. The molecule has 0 saturated heterocycles. The standard InChI is InChI=1S/C21H29P/c1-17-14-19-10-13-21(19,15-17)22(20(2)11-6-7-12-20)16-18-8-4-3-5-9-18/h3-9,17,19H,10-16H2,1-2H3. The van der Waals surface area contributed by atoms with E-state index in [0.29, 0.717) is 5.16 Å². The van der Waals surface area contributed by atoms with Gasteiger partial charge in [0, 0.05) is 0 Å². The highest BCUT2D eigenvalue weighted by atomic mass is 31.1. The highest BCUT2D eigenvalue weighted by Gasteiger charge is 2.59. The molecule has 0 aliphatic heterocycles. The average Bonchev–Trinajstić information content (AvgIpc) is 3.04. The Kier molecular flexibility index (Phi) is 3.73. The van der Waals surface area contributed by atoms with Crippen LogP contribution in [0.5, 0.6) is 0 Å². The number of rotatable bonds is 4. The summed E-state index contributed by atoms with van der Waals surface area (Å²) in [4.78, 5) is 0. The maximum atomic E-state index is 2.61. The van der Waals surface area contributed by atoms with Crippen molar-refractivity contribution < 1.29 is 0 Å². The Morgan fingerprint density at radius 3 is 2.45 bits per heavy atom. The first-order chi connectivity index (χ1) is 10.6. The predicted molar refractivity (Wildman–Crippen MR) is 97.7 cm³/mol. The Bertz CT molecular complexity index is 553. The average molecular weight is 312 g/mol. The van der Waals surface area contributed by atoms with Gasteiger partial charge < -0.3 is 0 Å². The maximum absolute atomic E-state index is 2.61. The molecule has 0 amide bonds. The van der Waals surface area contributed by atoms with Gasteiger partial charge in [-0.2, -0.15) is 0 Å². The van der Waals surface area contributed by atoms with Crippen molar-refractivity contribution in [3.63, 3.8) is 0 Å². The number of fused-ring (bicyclic) bond motifs is 1. The van der Waals surface area contributed by atoms with E-state index >= 15 is 0 Å². The number of hydrogen-bond acceptors (Lipinski definition) is 0. The Morgan fingerprint density at radius 1 is 1.14 bits per heavy atom. The first kappa shape index (κ1) is 14.9. The van der Waals surface area contributed by atoms with Crippen molar-refractivity contribution in [3.8, 4) is 0 Å². The smallest absolute Gasteiger partial charge is 0.00458 e. The molecule has 1 heteroatoms. The molecule has 0 radical (unpaired) electrons. The minimum atomic E-state index is 0.0550. The predicted octanol–water partition coefficient (Wildman–Crippen LogP) is 6.36. The quantitative estimate of drug-likeness (QED) is 0.448. The second-order valence-corrected chi connectivity index (χ2v) is 11.5. The van der Waals surface area contributed by atoms with Gasteiger partial charge in [0.2, 0.25) is 0 Å². The largest absolute Gasteiger partial charge is 0.0888 e. The van der Waals surface area contributed by atoms with Gasteiger partial charge in [-0.15, -0.1) is 0 Å². The fourth-order valence-corrected chi connectivity index (χ4v) is 10.2. The molecule has 22 heavy (non-hydrogen) atoms. The van der Waals surface area contributed by atoms with Crippen LogP contribution in [0.15, 0.2) is 42.5 Å². The molecule has 4 unspecified atom stereocenters.